The first-order valence-corrected chi connectivity index (χ1v) is 10.4. The Bertz CT molecular complexity index is 957. The number of nitrogens with one attached hydrogen (secondary N) is 1. The summed E-state index contributed by atoms with van der Waals surface area (Å²) < 4.78 is 55.5. The highest BCUT2D eigenvalue weighted by molar-refractivity contribution is 7.89. The van der Waals surface area contributed by atoms with Gasteiger partial charge in [-0.3, -0.25) is 0 Å². The molecule has 0 bridgehead atoms. The minimum atomic E-state index is -4.06. The topological polar surface area (TPSA) is 89.5 Å². The maximum Gasteiger partial charge on any atom is 0.339 e. The van der Waals surface area contributed by atoms with Gasteiger partial charge in [0, 0.05) is 0 Å². The van der Waals surface area contributed by atoms with Crippen LogP contribution in [0.25, 0.3) is 0 Å². The van der Waals surface area contributed by atoms with Crippen LogP contribution in [0.1, 0.15) is 26.3 Å². The van der Waals surface area contributed by atoms with Crippen molar-refractivity contribution in [3.05, 3.63) is 54.1 Å². The zero-order valence-electron chi connectivity index (χ0n) is 14.5. The summed E-state index contributed by atoms with van der Waals surface area (Å²) in [6.45, 7) is 6.05. The van der Waals surface area contributed by atoms with Crippen LogP contribution in [0.4, 0.5) is 0 Å². The SMILES string of the molecule is CNS(=O)(=O)c1ccc(S(=O)(=O)Oc2cccc(C(C)(C)C)c2)cc1. The van der Waals surface area contributed by atoms with Gasteiger partial charge in [-0.15, -0.1) is 0 Å². The molecule has 0 spiro atoms. The summed E-state index contributed by atoms with van der Waals surface area (Å²) in [6, 6.07) is 11.7. The van der Waals surface area contributed by atoms with E-state index in [0.717, 1.165) is 5.56 Å². The average Bonchev–Trinajstić information content (AvgIpc) is 2.54. The first-order chi connectivity index (χ1) is 11.5. The summed E-state index contributed by atoms with van der Waals surface area (Å²) in [5, 5.41) is 0. The van der Waals surface area contributed by atoms with Gasteiger partial charge in [0.2, 0.25) is 10.0 Å². The van der Waals surface area contributed by atoms with Crippen molar-refractivity contribution in [2.45, 2.75) is 36.0 Å². The Morgan fingerprint density at radius 1 is 0.880 bits per heavy atom. The molecule has 0 unspecified atom stereocenters. The third kappa shape index (κ3) is 4.59. The van der Waals surface area contributed by atoms with Crippen LogP contribution in [0.5, 0.6) is 5.75 Å². The third-order valence-corrected chi connectivity index (χ3v) is 6.29. The summed E-state index contributed by atoms with van der Waals surface area (Å²) in [4.78, 5) is -0.146. The van der Waals surface area contributed by atoms with E-state index in [4.69, 9.17) is 4.18 Å². The molecule has 0 saturated heterocycles. The monoisotopic (exact) mass is 383 g/mol. The minimum absolute atomic E-state index is 0.0244. The molecule has 6 nitrogen and oxygen atoms in total. The molecule has 0 radical (unpaired) electrons. The van der Waals surface area contributed by atoms with Gasteiger partial charge >= 0.3 is 10.1 Å². The van der Waals surface area contributed by atoms with Crippen molar-refractivity contribution >= 4 is 20.1 Å². The van der Waals surface area contributed by atoms with Gasteiger partial charge in [0.05, 0.1) is 4.90 Å². The second kappa shape index (κ2) is 6.78. The molecule has 0 fully saturated rings. The van der Waals surface area contributed by atoms with Crippen LogP contribution < -0.4 is 8.91 Å². The predicted molar refractivity (Wildman–Crippen MR) is 95.6 cm³/mol. The molecule has 2 rings (SSSR count). The first-order valence-electron chi connectivity index (χ1n) is 7.54. The molecule has 0 aromatic heterocycles. The van der Waals surface area contributed by atoms with Crippen molar-refractivity contribution in [2.24, 2.45) is 0 Å². The van der Waals surface area contributed by atoms with E-state index in [1.165, 1.54) is 31.3 Å². The van der Waals surface area contributed by atoms with Gasteiger partial charge in [-0.1, -0.05) is 32.9 Å². The van der Waals surface area contributed by atoms with Gasteiger partial charge in [-0.25, -0.2) is 13.1 Å². The molecule has 0 saturated carbocycles. The molecule has 0 aliphatic carbocycles. The van der Waals surface area contributed by atoms with E-state index >= 15 is 0 Å². The Balaban J connectivity index is 2.31. The molecule has 0 heterocycles. The summed E-state index contributed by atoms with van der Waals surface area (Å²) in [5.41, 5.74) is 0.794. The molecule has 1 N–H and O–H groups in total. The fraction of sp³-hybridized carbons (Fsp3) is 0.294. The maximum absolute atomic E-state index is 12.4. The van der Waals surface area contributed by atoms with E-state index in [1.807, 2.05) is 26.8 Å². The van der Waals surface area contributed by atoms with Gasteiger partial charge in [0.25, 0.3) is 0 Å². The van der Waals surface area contributed by atoms with Crippen LogP contribution in [-0.4, -0.2) is 23.9 Å². The summed E-state index contributed by atoms with van der Waals surface area (Å²) >= 11 is 0. The van der Waals surface area contributed by atoms with Crippen molar-refractivity contribution in [1.29, 1.82) is 0 Å². The van der Waals surface area contributed by atoms with E-state index in [9.17, 15) is 16.8 Å². The molecule has 8 heteroatoms. The molecule has 136 valence electrons. The highest BCUT2D eigenvalue weighted by Crippen LogP contribution is 2.27. The van der Waals surface area contributed by atoms with Gasteiger partial charge in [-0.2, -0.15) is 8.42 Å². The van der Waals surface area contributed by atoms with Gasteiger partial charge < -0.3 is 4.18 Å². The molecule has 2 aromatic carbocycles. The second-order valence-corrected chi connectivity index (χ2v) is 9.93. The Labute approximate surface area is 149 Å². The van der Waals surface area contributed by atoms with Crippen LogP contribution in [0.2, 0.25) is 0 Å². The lowest BCUT2D eigenvalue weighted by molar-refractivity contribution is 0.483. The van der Waals surface area contributed by atoms with Gasteiger partial charge in [-0.05, 0) is 54.4 Å². The molecule has 0 atom stereocenters. The number of rotatable bonds is 5. The third-order valence-electron chi connectivity index (χ3n) is 3.60. The van der Waals surface area contributed by atoms with Crippen LogP contribution in [0.3, 0.4) is 0 Å². The second-order valence-electron chi connectivity index (χ2n) is 6.49. The zero-order chi connectivity index (χ0) is 18.9. The smallest absolute Gasteiger partial charge is 0.339 e. The largest absolute Gasteiger partial charge is 0.379 e. The Morgan fingerprint density at radius 3 is 1.96 bits per heavy atom. The van der Waals surface area contributed by atoms with Crippen LogP contribution in [0.15, 0.2) is 58.3 Å². The van der Waals surface area contributed by atoms with Gasteiger partial charge in [0.15, 0.2) is 0 Å². The van der Waals surface area contributed by atoms with Gasteiger partial charge in [0.1, 0.15) is 10.6 Å². The van der Waals surface area contributed by atoms with E-state index < -0.39 is 20.1 Å². The number of hydrogen-bond donors (Lipinski definition) is 1. The lowest BCUT2D eigenvalue weighted by Crippen LogP contribution is -2.18. The molecule has 25 heavy (non-hydrogen) atoms. The van der Waals surface area contributed by atoms with Crippen molar-refractivity contribution in [1.82, 2.24) is 4.72 Å². The van der Waals surface area contributed by atoms with Crippen LogP contribution in [0, 0.1) is 0 Å². The van der Waals surface area contributed by atoms with Crippen molar-refractivity contribution in [3.8, 4) is 5.75 Å². The number of sulfonamides is 1. The van der Waals surface area contributed by atoms with Crippen LogP contribution >= 0.6 is 0 Å². The first kappa shape index (κ1) is 19.4. The zero-order valence-corrected chi connectivity index (χ0v) is 16.1. The molecular weight excluding hydrogens is 362 g/mol. The normalized spacial score (nSPS) is 12.8. The fourth-order valence-corrected chi connectivity index (χ4v) is 3.75. The molecule has 0 amide bonds. The van der Waals surface area contributed by atoms with Crippen LogP contribution in [-0.2, 0) is 25.6 Å². The fourth-order valence-electron chi connectivity index (χ4n) is 2.09. The lowest BCUT2D eigenvalue weighted by atomic mass is 9.87. The number of benzene rings is 2. The van der Waals surface area contributed by atoms with E-state index in [2.05, 4.69) is 4.72 Å². The van der Waals surface area contributed by atoms with E-state index in [-0.39, 0.29) is 21.0 Å². The standard InChI is InChI=1S/C17H21NO5S2/c1-17(2,3)13-6-5-7-14(12-13)23-25(21,22)16-10-8-15(9-11-16)24(19,20)18-4/h5-12,18H,1-4H3. The summed E-state index contributed by atoms with van der Waals surface area (Å²) in [6.07, 6.45) is 0. The molecule has 0 aliphatic heterocycles. The van der Waals surface area contributed by atoms with E-state index in [1.54, 1.807) is 18.2 Å². The average molecular weight is 383 g/mol. The Morgan fingerprint density at radius 2 is 1.44 bits per heavy atom. The van der Waals surface area contributed by atoms with E-state index in [0.29, 0.717) is 0 Å². The molecule has 2 aromatic rings. The quantitative estimate of drug-likeness (QED) is 0.802. The lowest BCUT2D eigenvalue weighted by Gasteiger charge is -2.19. The van der Waals surface area contributed by atoms with Crippen molar-refractivity contribution < 1.29 is 21.0 Å². The number of hydrogen-bond acceptors (Lipinski definition) is 5. The predicted octanol–water partition coefficient (Wildman–Crippen LogP) is 2.66. The highest BCUT2D eigenvalue weighted by Gasteiger charge is 2.20. The Kier molecular flexibility index (Phi) is 5.27. The maximum atomic E-state index is 12.4. The minimum Gasteiger partial charge on any atom is -0.379 e. The molecular formula is C17H21NO5S2. The van der Waals surface area contributed by atoms with Crippen molar-refractivity contribution in [3.63, 3.8) is 0 Å². The van der Waals surface area contributed by atoms with Crippen molar-refractivity contribution in [2.75, 3.05) is 7.05 Å². The Hall–Kier alpha value is -1.90. The summed E-state index contributed by atoms with van der Waals surface area (Å²) in [5.74, 6) is 0.208. The summed E-state index contributed by atoms with van der Waals surface area (Å²) in [7, 11) is -6.40. The molecule has 0 aliphatic rings. The highest BCUT2D eigenvalue weighted by atomic mass is 32.2.